The molecule has 2 fully saturated rings. The van der Waals surface area contributed by atoms with Crippen molar-refractivity contribution in [1.29, 1.82) is 0 Å². The predicted octanol–water partition coefficient (Wildman–Crippen LogP) is 1.10. The lowest BCUT2D eigenvalue weighted by Crippen LogP contribution is -2.70. The van der Waals surface area contributed by atoms with Gasteiger partial charge in [0.05, 0.1) is 20.8 Å². The van der Waals surface area contributed by atoms with Crippen LogP contribution < -0.4 is 14.8 Å². The van der Waals surface area contributed by atoms with E-state index in [1.807, 2.05) is 24.3 Å². The van der Waals surface area contributed by atoms with E-state index in [9.17, 15) is 14.4 Å². The van der Waals surface area contributed by atoms with Crippen molar-refractivity contribution in [3.05, 3.63) is 59.7 Å². The Hall–Kier alpha value is -3.55. The molecular formula is C23H25N3O5. The van der Waals surface area contributed by atoms with Gasteiger partial charge in [-0.15, -0.1) is 0 Å². The molecule has 0 spiro atoms. The van der Waals surface area contributed by atoms with Crippen LogP contribution in [-0.2, 0) is 16.0 Å². The summed E-state index contributed by atoms with van der Waals surface area (Å²) in [5, 5.41) is 2.84. The van der Waals surface area contributed by atoms with Gasteiger partial charge in [0.2, 0.25) is 11.8 Å². The number of carbonyl (C=O) groups is 3. The SMILES string of the molecule is COc1ccc(C[C@@H]2NC(=O)[C@@H]3CN(C(=O)c4ccc(OC)cc4)CCN3C2=O)cc1. The van der Waals surface area contributed by atoms with E-state index in [-0.39, 0.29) is 24.3 Å². The third-order valence-electron chi connectivity index (χ3n) is 5.80. The number of hydrogen-bond donors (Lipinski definition) is 1. The molecule has 8 heteroatoms. The summed E-state index contributed by atoms with van der Waals surface area (Å²) in [6.07, 6.45) is 0.409. The minimum atomic E-state index is -0.671. The van der Waals surface area contributed by atoms with Crippen molar-refractivity contribution in [3.63, 3.8) is 0 Å². The molecule has 0 bridgehead atoms. The third kappa shape index (κ3) is 4.19. The van der Waals surface area contributed by atoms with Crippen LogP contribution in [0.25, 0.3) is 0 Å². The molecule has 1 N–H and O–H groups in total. The average molecular weight is 423 g/mol. The van der Waals surface area contributed by atoms with Gasteiger partial charge in [0.15, 0.2) is 0 Å². The van der Waals surface area contributed by atoms with Gasteiger partial charge >= 0.3 is 0 Å². The van der Waals surface area contributed by atoms with E-state index in [4.69, 9.17) is 9.47 Å². The van der Waals surface area contributed by atoms with Gasteiger partial charge < -0.3 is 24.6 Å². The summed E-state index contributed by atoms with van der Waals surface area (Å²) in [4.78, 5) is 41.9. The highest BCUT2D eigenvalue weighted by molar-refractivity contribution is 5.99. The molecule has 4 rings (SSSR count). The quantitative estimate of drug-likeness (QED) is 0.778. The van der Waals surface area contributed by atoms with Crippen LogP contribution >= 0.6 is 0 Å². The highest BCUT2D eigenvalue weighted by atomic mass is 16.5. The zero-order valence-corrected chi connectivity index (χ0v) is 17.5. The lowest BCUT2D eigenvalue weighted by molar-refractivity contribution is -0.152. The fourth-order valence-corrected chi connectivity index (χ4v) is 4.04. The van der Waals surface area contributed by atoms with Crippen molar-refractivity contribution in [1.82, 2.24) is 15.1 Å². The number of methoxy groups -OCH3 is 2. The maximum atomic E-state index is 13.0. The minimum absolute atomic E-state index is 0.114. The number of ether oxygens (including phenoxy) is 2. The number of carbonyl (C=O) groups excluding carboxylic acids is 3. The number of piperazine rings is 2. The van der Waals surface area contributed by atoms with Crippen LogP contribution in [0.5, 0.6) is 11.5 Å². The van der Waals surface area contributed by atoms with E-state index in [1.54, 1.807) is 48.3 Å². The Balaban J connectivity index is 1.42. The first-order valence-electron chi connectivity index (χ1n) is 10.2. The first-order valence-corrected chi connectivity index (χ1v) is 10.2. The van der Waals surface area contributed by atoms with Gasteiger partial charge in [-0.3, -0.25) is 14.4 Å². The Morgan fingerprint density at radius 3 is 2.19 bits per heavy atom. The Kier molecular flexibility index (Phi) is 5.79. The number of nitrogens with zero attached hydrogens (tertiary/aromatic N) is 2. The maximum Gasteiger partial charge on any atom is 0.254 e. The molecule has 3 amide bonds. The minimum Gasteiger partial charge on any atom is -0.497 e. The molecule has 8 nitrogen and oxygen atoms in total. The molecular weight excluding hydrogens is 398 g/mol. The predicted molar refractivity (Wildman–Crippen MR) is 113 cm³/mol. The van der Waals surface area contributed by atoms with Crippen molar-refractivity contribution >= 4 is 17.7 Å². The summed E-state index contributed by atoms with van der Waals surface area (Å²) in [7, 11) is 3.16. The van der Waals surface area contributed by atoms with Crippen LogP contribution in [0.3, 0.4) is 0 Å². The highest BCUT2D eigenvalue weighted by Gasteiger charge is 2.44. The molecule has 162 valence electrons. The van der Waals surface area contributed by atoms with Gasteiger partial charge in [0.25, 0.3) is 5.91 Å². The topological polar surface area (TPSA) is 88.2 Å². The lowest BCUT2D eigenvalue weighted by Gasteiger charge is -2.45. The van der Waals surface area contributed by atoms with Crippen molar-refractivity contribution < 1.29 is 23.9 Å². The van der Waals surface area contributed by atoms with Gasteiger partial charge in [-0.1, -0.05) is 12.1 Å². The largest absolute Gasteiger partial charge is 0.497 e. The molecule has 2 heterocycles. The van der Waals surface area contributed by atoms with Gasteiger partial charge in [-0.05, 0) is 42.0 Å². The Bertz CT molecular complexity index is 974. The van der Waals surface area contributed by atoms with Crippen molar-refractivity contribution in [3.8, 4) is 11.5 Å². The van der Waals surface area contributed by atoms with Crippen molar-refractivity contribution in [2.24, 2.45) is 0 Å². The van der Waals surface area contributed by atoms with E-state index in [0.717, 1.165) is 11.3 Å². The number of hydrogen-bond acceptors (Lipinski definition) is 5. The Morgan fingerprint density at radius 1 is 0.968 bits per heavy atom. The second-order valence-electron chi connectivity index (χ2n) is 7.64. The Labute approximate surface area is 180 Å². The molecule has 2 atom stereocenters. The molecule has 2 aromatic carbocycles. The van der Waals surface area contributed by atoms with Gasteiger partial charge in [0, 0.05) is 25.1 Å². The summed E-state index contributed by atoms with van der Waals surface area (Å²) in [6.45, 7) is 0.894. The van der Waals surface area contributed by atoms with Gasteiger partial charge in [-0.25, -0.2) is 0 Å². The second-order valence-corrected chi connectivity index (χ2v) is 7.64. The van der Waals surface area contributed by atoms with E-state index in [0.29, 0.717) is 30.8 Å². The molecule has 0 aromatic heterocycles. The molecule has 0 radical (unpaired) electrons. The average Bonchev–Trinajstić information content (AvgIpc) is 2.82. The van der Waals surface area contributed by atoms with Crippen molar-refractivity contribution in [2.75, 3.05) is 33.9 Å². The zero-order valence-electron chi connectivity index (χ0n) is 17.5. The van der Waals surface area contributed by atoms with Crippen LogP contribution in [-0.4, -0.2) is 73.5 Å². The standard InChI is InChI=1S/C23H25N3O5/c1-30-17-7-3-15(4-8-17)13-19-23(29)26-12-11-25(14-20(26)21(27)24-19)22(28)16-5-9-18(31-2)10-6-16/h3-10,19-20H,11-14H2,1-2H3,(H,24,27)/t19-,20-/m0/s1. The molecule has 0 saturated carbocycles. The monoisotopic (exact) mass is 423 g/mol. The second kappa shape index (κ2) is 8.67. The molecule has 0 aliphatic carbocycles. The van der Waals surface area contributed by atoms with Crippen LogP contribution in [0.2, 0.25) is 0 Å². The zero-order chi connectivity index (χ0) is 22.0. The van der Waals surface area contributed by atoms with Crippen molar-refractivity contribution in [2.45, 2.75) is 18.5 Å². The van der Waals surface area contributed by atoms with Crippen LogP contribution in [0.4, 0.5) is 0 Å². The number of nitrogens with one attached hydrogen (secondary N) is 1. The normalized spacial score (nSPS) is 20.7. The van der Waals surface area contributed by atoms with E-state index < -0.39 is 12.1 Å². The molecule has 2 saturated heterocycles. The summed E-state index contributed by atoms with van der Waals surface area (Å²) >= 11 is 0. The third-order valence-corrected chi connectivity index (χ3v) is 5.80. The van der Waals surface area contributed by atoms with Gasteiger partial charge in [-0.2, -0.15) is 0 Å². The van der Waals surface area contributed by atoms with Crippen LogP contribution in [0.15, 0.2) is 48.5 Å². The molecule has 31 heavy (non-hydrogen) atoms. The smallest absolute Gasteiger partial charge is 0.254 e. The number of benzene rings is 2. The molecule has 2 aliphatic rings. The fourth-order valence-electron chi connectivity index (χ4n) is 4.04. The van der Waals surface area contributed by atoms with Gasteiger partial charge in [0.1, 0.15) is 23.6 Å². The molecule has 2 aliphatic heterocycles. The van der Waals surface area contributed by atoms with Crippen LogP contribution in [0.1, 0.15) is 15.9 Å². The summed E-state index contributed by atoms with van der Waals surface area (Å²) in [5.41, 5.74) is 1.46. The first kappa shape index (κ1) is 20.7. The number of fused-ring (bicyclic) bond motifs is 1. The number of rotatable bonds is 5. The first-order chi connectivity index (χ1) is 15.0. The molecule has 2 aromatic rings. The lowest BCUT2D eigenvalue weighted by atomic mass is 9.98. The summed E-state index contributed by atoms with van der Waals surface area (Å²) in [5.74, 6) is 0.896. The van der Waals surface area contributed by atoms with E-state index in [2.05, 4.69) is 5.32 Å². The maximum absolute atomic E-state index is 13.0. The molecule has 0 unspecified atom stereocenters. The Morgan fingerprint density at radius 2 is 1.58 bits per heavy atom. The van der Waals surface area contributed by atoms with Crippen LogP contribution in [0, 0.1) is 0 Å². The number of amides is 3. The highest BCUT2D eigenvalue weighted by Crippen LogP contribution is 2.21. The van der Waals surface area contributed by atoms with E-state index in [1.165, 1.54) is 0 Å². The van der Waals surface area contributed by atoms with E-state index >= 15 is 0 Å². The summed E-state index contributed by atoms with van der Waals surface area (Å²) in [6, 6.07) is 13.0. The summed E-state index contributed by atoms with van der Waals surface area (Å²) < 4.78 is 10.3. The fraction of sp³-hybridized carbons (Fsp3) is 0.348.